The van der Waals surface area contributed by atoms with E-state index in [9.17, 15) is 18.0 Å². The van der Waals surface area contributed by atoms with Crippen LogP contribution in [0.3, 0.4) is 0 Å². The lowest BCUT2D eigenvalue weighted by Crippen LogP contribution is -2.41. The summed E-state index contributed by atoms with van der Waals surface area (Å²) in [5, 5.41) is 0. The number of sulfonamides is 1. The number of rotatable bonds is 5. The average Bonchev–Trinajstić information content (AvgIpc) is 2.91. The minimum Gasteiger partial charge on any atom is -0.312 e. The van der Waals surface area contributed by atoms with Gasteiger partial charge in [-0.15, -0.1) is 4.83 Å². The Balaban J connectivity index is 2.11. The molecule has 0 atom stereocenters. The van der Waals surface area contributed by atoms with Crippen LogP contribution in [-0.2, 0) is 19.6 Å². The summed E-state index contributed by atoms with van der Waals surface area (Å²) < 4.78 is 23.9. The van der Waals surface area contributed by atoms with E-state index in [1.807, 2.05) is 4.83 Å². The Bertz CT molecular complexity index is 640. The number of hydrogen-bond acceptors (Lipinski definition) is 4. The summed E-state index contributed by atoms with van der Waals surface area (Å²) in [7, 11) is -3.80. The predicted octanol–water partition coefficient (Wildman–Crippen LogP) is 0.533. The fraction of sp³-hybridized carbons (Fsp3) is 0.385. The summed E-state index contributed by atoms with van der Waals surface area (Å²) in [5.41, 5.74) is 2.78. The highest BCUT2D eigenvalue weighted by Gasteiger charge is 2.22. The SMILES string of the molecule is CCC(=O)NNS(=O)(=O)c1ccc(N2CCCC2=O)cc1. The van der Waals surface area contributed by atoms with Crippen molar-refractivity contribution in [1.29, 1.82) is 0 Å². The molecule has 2 rings (SSSR count). The maximum absolute atomic E-state index is 11.9. The molecule has 1 heterocycles. The summed E-state index contributed by atoms with van der Waals surface area (Å²) in [6.45, 7) is 2.27. The summed E-state index contributed by atoms with van der Waals surface area (Å²) >= 11 is 0. The molecule has 8 heteroatoms. The average molecular weight is 311 g/mol. The smallest absolute Gasteiger partial charge is 0.257 e. The van der Waals surface area contributed by atoms with Gasteiger partial charge >= 0.3 is 0 Å². The molecule has 0 spiro atoms. The van der Waals surface area contributed by atoms with Gasteiger partial charge in [-0.1, -0.05) is 6.92 Å². The topological polar surface area (TPSA) is 95.6 Å². The molecule has 2 amide bonds. The fourth-order valence-corrected chi connectivity index (χ4v) is 2.86. The van der Waals surface area contributed by atoms with Crippen molar-refractivity contribution in [2.45, 2.75) is 31.1 Å². The number of carbonyl (C=O) groups is 2. The molecule has 7 nitrogen and oxygen atoms in total. The Hall–Kier alpha value is -1.93. The zero-order valence-electron chi connectivity index (χ0n) is 11.6. The molecule has 1 aromatic rings. The molecular formula is C13H17N3O4S. The third-order valence-electron chi connectivity index (χ3n) is 3.18. The van der Waals surface area contributed by atoms with Gasteiger partial charge in [0.1, 0.15) is 0 Å². The van der Waals surface area contributed by atoms with Gasteiger partial charge in [0.25, 0.3) is 10.0 Å². The quantitative estimate of drug-likeness (QED) is 0.776. The van der Waals surface area contributed by atoms with E-state index in [4.69, 9.17) is 0 Å². The molecule has 114 valence electrons. The van der Waals surface area contributed by atoms with E-state index in [0.29, 0.717) is 18.7 Å². The highest BCUT2D eigenvalue weighted by Crippen LogP contribution is 2.22. The van der Waals surface area contributed by atoms with Gasteiger partial charge < -0.3 is 4.90 Å². The van der Waals surface area contributed by atoms with Crippen LogP contribution >= 0.6 is 0 Å². The van der Waals surface area contributed by atoms with Crippen molar-refractivity contribution in [1.82, 2.24) is 10.3 Å². The van der Waals surface area contributed by atoms with Crippen molar-refractivity contribution in [3.8, 4) is 0 Å². The minimum atomic E-state index is -3.80. The van der Waals surface area contributed by atoms with E-state index in [2.05, 4.69) is 5.43 Å². The van der Waals surface area contributed by atoms with Gasteiger partial charge in [-0.25, -0.2) is 8.42 Å². The molecule has 1 saturated heterocycles. The van der Waals surface area contributed by atoms with E-state index >= 15 is 0 Å². The van der Waals surface area contributed by atoms with Crippen molar-refractivity contribution in [2.24, 2.45) is 0 Å². The van der Waals surface area contributed by atoms with Gasteiger partial charge in [0, 0.05) is 25.1 Å². The van der Waals surface area contributed by atoms with Crippen LogP contribution in [0.15, 0.2) is 29.2 Å². The van der Waals surface area contributed by atoms with Crippen LogP contribution in [-0.4, -0.2) is 26.8 Å². The van der Waals surface area contributed by atoms with E-state index in [-0.39, 0.29) is 17.2 Å². The van der Waals surface area contributed by atoms with Gasteiger partial charge in [-0.3, -0.25) is 15.0 Å². The second-order valence-corrected chi connectivity index (χ2v) is 6.33. The standard InChI is InChI=1S/C13H17N3O4S/c1-2-12(17)14-15-21(19,20)11-7-5-10(6-8-11)16-9-3-4-13(16)18/h5-8,15H,2-4,9H2,1H3,(H,14,17). The Morgan fingerprint density at radius 3 is 2.48 bits per heavy atom. The van der Waals surface area contributed by atoms with Crippen LogP contribution in [0, 0.1) is 0 Å². The van der Waals surface area contributed by atoms with Crippen LogP contribution in [0.25, 0.3) is 0 Å². The molecule has 0 aliphatic carbocycles. The van der Waals surface area contributed by atoms with Gasteiger partial charge in [-0.05, 0) is 30.7 Å². The van der Waals surface area contributed by atoms with Crippen LogP contribution in [0.4, 0.5) is 5.69 Å². The van der Waals surface area contributed by atoms with Gasteiger partial charge in [0.2, 0.25) is 11.8 Å². The first-order valence-electron chi connectivity index (χ1n) is 6.65. The summed E-state index contributed by atoms with van der Waals surface area (Å²) in [5.74, 6) is -0.378. The highest BCUT2D eigenvalue weighted by molar-refractivity contribution is 7.89. The molecule has 1 aromatic carbocycles. The van der Waals surface area contributed by atoms with E-state index in [1.165, 1.54) is 12.1 Å². The number of anilines is 1. The lowest BCUT2D eigenvalue weighted by atomic mass is 10.3. The maximum Gasteiger partial charge on any atom is 0.257 e. The van der Waals surface area contributed by atoms with Crippen molar-refractivity contribution in [3.05, 3.63) is 24.3 Å². The molecule has 0 bridgehead atoms. The Morgan fingerprint density at radius 2 is 1.95 bits per heavy atom. The van der Waals surface area contributed by atoms with E-state index in [0.717, 1.165) is 6.42 Å². The number of benzene rings is 1. The minimum absolute atomic E-state index is 0.0225. The monoisotopic (exact) mass is 311 g/mol. The largest absolute Gasteiger partial charge is 0.312 e. The summed E-state index contributed by atoms with van der Waals surface area (Å²) in [4.78, 5) is 26.4. The van der Waals surface area contributed by atoms with Gasteiger partial charge in [0.15, 0.2) is 0 Å². The molecule has 0 radical (unpaired) electrons. The van der Waals surface area contributed by atoms with Crippen molar-refractivity contribution < 1.29 is 18.0 Å². The molecule has 0 aromatic heterocycles. The van der Waals surface area contributed by atoms with Crippen molar-refractivity contribution in [3.63, 3.8) is 0 Å². The van der Waals surface area contributed by atoms with Crippen molar-refractivity contribution in [2.75, 3.05) is 11.4 Å². The molecule has 1 aliphatic heterocycles. The van der Waals surface area contributed by atoms with Gasteiger partial charge in [-0.2, -0.15) is 0 Å². The Kier molecular flexibility index (Phi) is 4.59. The second kappa shape index (κ2) is 6.23. The first-order chi connectivity index (χ1) is 9.94. The van der Waals surface area contributed by atoms with Crippen LogP contribution < -0.4 is 15.2 Å². The van der Waals surface area contributed by atoms with E-state index in [1.54, 1.807) is 24.0 Å². The molecular weight excluding hydrogens is 294 g/mol. The highest BCUT2D eigenvalue weighted by atomic mass is 32.2. The third-order valence-corrected chi connectivity index (χ3v) is 4.44. The second-order valence-electron chi connectivity index (χ2n) is 4.65. The number of carbonyl (C=O) groups excluding carboxylic acids is 2. The van der Waals surface area contributed by atoms with Gasteiger partial charge in [0.05, 0.1) is 4.90 Å². The molecule has 0 unspecified atom stereocenters. The number of hydrazine groups is 1. The predicted molar refractivity (Wildman–Crippen MR) is 76.8 cm³/mol. The van der Waals surface area contributed by atoms with Crippen LogP contribution in [0.5, 0.6) is 0 Å². The number of nitrogens with one attached hydrogen (secondary N) is 2. The number of nitrogens with zero attached hydrogens (tertiary/aromatic N) is 1. The number of hydrogen-bond donors (Lipinski definition) is 2. The number of amides is 2. The zero-order chi connectivity index (χ0) is 15.5. The summed E-state index contributed by atoms with van der Waals surface area (Å²) in [6.07, 6.45) is 1.51. The normalized spacial score (nSPS) is 15.3. The third kappa shape index (κ3) is 3.59. The molecule has 2 N–H and O–H groups in total. The fourth-order valence-electron chi connectivity index (χ4n) is 2.00. The molecule has 0 saturated carbocycles. The maximum atomic E-state index is 11.9. The summed E-state index contributed by atoms with van der Waals surface area (Å²) in [6, 6.07) is 5.97. The van der Waals surface area contributed by atoms with Crippen LogP contribution in [0.2, 0.25) is 0 Å². The lowest BCUT2D eigenvalue weighted by Gasteiger charge is -2.16. The molecule has 21 heavy (non-hydrogen) atoms. The Labute approximate surface area is 123 Å². The Morgan fingerprint density at radius 1 is 1.29 bits per heavy atom. The zero-order valence-corrected chi connectivity index (χ0v) is 12.4. The lowest BCUT2D eigenvalue weighted by molar-refractivity contribution is -0.121. The molecule has 1 aliphatic rings. The van der Waals surface area contributed by atoms with Crippen LogP contribution in [0.1, 0.15) is 26.2 Å². The first-order valence-corrected chi connectivity index (χ1v) is 8.13. The first kappa shape index (κ1) is 15.5. The van der Waals surface area contributed by atoms with E-state index < -0.39 is 15.9 Å². The van der Waals surface area contributed by atoms with Crippen molar-refractivity contribution >= 4 is 27.5 Å². The molecule has 1 fully saturated rings.